The van der Waals surface area contributed by atoms with E-state index in [2.05, 4.69) is 15.5 Å². The van der Waals surface area contributed by atoms with Gasteiger partial charge in [0.15, 0.2) is 5.78 Å². The van der Waals surface area contributed by atoms with Gasteiger partial charge >= 0.3 is 0 Å². The summed E-state index contributed by atoms with van der Waals surface area (Å²) in [5.41, 5.74) is 1.97. The van der Waals surface area contributed by atoms with Gasteiger partial charge in [-0.2, -0.15) is 0 Å². The molecule has 1 N–H and O–H groups in total. The molecule has 3 aromatic rings. The lowest BCUT2D eigenvalue weighted by molar-refractivity contribution is -0.116. The fourth-order valence-electron chi connectivity index (χ4n) is 2.38. The Morgan fingerprint density at radius 3 is 2.59 bits per heavy atom. The van der Waals surface area contributed by atoms with Crippen molar-refractivity contribution in [2.24, 2.45) is 0 Å². The zero-order valence-electron chi connectivity index (χ0n) is 15.0. The number of anilines is 1. The van der Waals surface area contributed by atoms with Gasteiger partial charge in [-0.1, -0.05) is 18.7 Å². The Morgan fingerprint density at radius 1 is 1.15 bits per heavy atom. The molecule has 7 nitrogen and oxygen atoms in total. The maximum absolute atomic E-state index is 12.3. The second kappa shape index (κ2) is 8.68. The lowest BCUT2D eigenvalue weighted by Crippen LogP contribution is -2.10. The summed E-state index contributed by atoms with van der Waals surface area (Å²) < 4.78 is 10.8. The molecule has 2 heterocycles. The maximum atomic E-state index is 12.3. The van der Waals surface area contributed by atoms with E-state index >= 15 is 0 Å². The monoisotopic (exact) mass is 385 g/mol. The van der Waals surface area contributed by atoms with E-state index in [0.29, 0.717) is 34.5 Å². The summed E-state index contributed by atoms with van der Waals surface area (Å²) in [6, 6.07) is 8.58. The number of aryl methyl sites for hydroxylation is 1. The highest BCUT2D eigenvalue weighted by Gasteiger charge is 2.15. The highest BCUT2D eigenvalue weighted by molar-refractivity contribution is 7.99. The molecule has 8 heteroatoms. The highest BCUT2D eigenvalue weighted by atomic mass is 32.2. The summed E-state index contributed by atoms with van der Waals surface area (Å²) in [5, 5.41) is 11.0. The average molecular weight is 385 g/mol. The SMILES string of the molecule is CCCC(=O)Nc1ccc(C(=O)CSc2nnc(-c3ccoc3C)o2)cc1. The quantitative estimate of drug-likeness (QED) is 0.454. The molecule has 0 unspecified atom stereocenters. The Labute approximate surface area is 160 Å². The van der Waals surface area contributed by atoms with Crippen LogP contribution in [0.1, 0.15) is 35.9 Å². The molecule has 0 spiro atoms. The minimum atomic E-state index is -0.0642. The average Bonchev–Trinajstić information content (AvgIpc) is 3.29. The van der Waals surface area contributed by atoms with E-state index in [4.69, 9.17) is 8.83 Å². The summed E-state index contributed by atoms with van der Waals surface area (Å²) in [6.07, 6.45) is 2.82. The van der Waals surface area contributed by atoms with Gasteiger partial charge in [0.25, 0.3) is 11.1 Å². The number of nitrogens with one attached hydrogen (secondary N) is 1. The van der Waals surface area contributed by atoms with Gasteiger partial charge in [-0.05, 0) is 43.7 Å². The minimum absolute atomic E-state index is 0.0350. The molecule has 0 saturated carbocycles. The number of hydrogen-bond donors (Lipinski definition) is 1. The Morgan fingerprint density at radius 2 is 1.93 bits per heavy atom. The van der Waals surface area contributed by atoms with Gasteiger partial charge in [0, 0.05) is 17.7 Å². The number of furan rings is 1. The number of amides is 1. The molecule has 0 bridgehead atoms. The van der Waals surface area contributed by atoms with Crippen molar-refractivity contribution in [3.05, 3.63) is 47.9 Å². The van der Waals surface area contributed by atoms with Gasteiger partial charge in [0.1, 0.15) is 5.76 Å². The molecule has 3 rings (SSSR count). The molecular weight excluding hydrogens is 366 g/mol. The third-order valence-electron chi connectivity index (χ3n) is 3.79. The van der Waals surface area contributed by atoms with Crippen LogP contribution < -0.4 is 5.32 Å². The summed E-state index contributed by atoms with van der Waals surface area (Å²) in [7, 11) is 0. The van der Waals surface area contributed by atoms with E-state index in [0.717, 1.165) is 12.0 Å². The van der Waals surface area contributed by atoms with Crippen LogP contribution in [0.5, 0.6) is 0 Å². The predicted octanol–water partition coefficient (Wildman–Crippen LogP) is 4.35. The zero-order valence-corrected chi connectivity index (χ0v) is 15.8. The first-order chi connectivity index (χ1) is 13.1. The van der Waals surface area contributed by atoms with Crippen LogP contribution in [0.2, 0.25) is 0 Å². The molecule has 0 saturated heterocycles. The lowest BCUT2D eigenvalue weighted by atomic mass is 10.1. The van der Waals surface area contributed by atoms with E-state index in [1.54, 1.807) is 36.6 Å². The Balaban J connectivity index is 1.56. The number of rotatable bonds is 8. The van der Waals surface area contributed by atoms with Crippen molar-refractivity contribution in [1.29, 1.82) is 0 Å². The summed E-state index contributed by atoms with van der Waals surface area (Å²) >= 11 is 1.18. The molecule has 1 amide bonds. The fourth-order valence-corrected chi connectivity index (χ4v) is 3.04. The van der Waals surface area contributed by atoms with Crippen LogP contribution in [0.15, 0.2) is 50.7 Å². The molecule has 140 valence electrons. The number of benzene rings is 1. The van der Waals surface area contributed by atoms with Crippen molar-refractivity contribution in [2.45, 2.75) is 31.9 Å². The summed E-state index contributed by atoms with van der Waals surface area (Å²) in [4.78, 5) is 23.9. The van der Waals surface area contributed by atoms with Gasteiger partial charge in [-0.15, -0.1) is 10.2 Å². The second-order valence-corrected chi connectivity index (χ2v) is 6.78. The van der Waals surface area contributed by atoms with Crippen molar-refractivity contribution in [3.63, 3.8) is 0 Å². The van der Waals surface area contributed by atoms with Crippen LogP contribution in [0.25, 0.3) is 11.5 Å². The maximum Gasteiger partial charge on any atom is 0.277 e. The smallest absolute Gasteiger partial charge is 0.277 e. The number of hydrogen-bond acceptors (Lipinski definition) is 7. The minimum Gasteiger partial charge on any atom is -0.469 e. The van der Waals surface area contributed by atoms with Crippen molar-refractivity contribution in [2.75, 3.05) is 11.1 Å². The summed E-state index contributed by atoms with van der Waals surface area (Å²) in [5.74, 6) is 1.13. The first-order valence-corrected chi connectivity index (χ1v) is 9.49. The Kier molecular flexibility index (Phi) is 6.08. The number of aromatic nitrogens is 2. The second-order valence-electron chi connectivity index (χ2n) is 5.85. The van der Waals surface area contributed by atoms with Crippen molar-refractivity contribution >= 4 is 29.1 Å². The van der Waals surface area contributed by atoms with Gasteiger partial charge in [-0.3, -0.25) is 9.59 Å². The summed E-state index contributed by atoms with van der Waals surface area (Å²) in [6.45, 7) is 3.76. The molecule has 0 aliphatic heterocycles. The molecule has 27 heavy (non-hydrogen) atoms. The van der Waals surface area contributed by atoms with E-state index in [1.165, 1.54) is 11.8 Å². The number of thioether (sulfide) groups is 1. The van der Waals surface area contributed by atoms with Crippen LogP contribution in [0, 0.1) is 6.92 Å². The first kappa shape index (κ1) is 18.9. The Hall–Kier alpha value is -2.87. The van der Waals surface area contributed by atoms with Crippen LogP contribution in [0.4, 0.5) is 5.69 Å². The van der Waals surface area contributed by atoms with Crippen LogP contribution in [0.3, 0.4) is 0 Å². The number of nitrogens with zero attached hydrogens (tertiary/aromatic N) is 2. The Bertz CT molecular complexity index is 931. The standard InChI is InChI=1S/C19H19N3O4S/c1-3-4-17(24)20-14-7-5-13(6-8-14)16(23)11-27-19-22-21-18(26-19)15-9-10-25-12(15)2/h5-10H,3-4,11H2,1-2H3,(H,20,24). The van der Waals surface area contributed by atoms with Crippen LogP contribution in [-0.2, 0) is 4.79 Å². The third-order valence-corrected chi connectivity index (χ3v) is 4.61. The number of carbonyl (C=O) groups is 2. The van der Waals surface area contributed by atoms with Crippen molar-refractivity contribution in [1.82, 2.24) is 10.2 Å². The molecule has 1 aromatic carbocycles. The van der Waals surface area contributed by atoms with E-state index in [9.17, 15) is 9.59 Å². The largest absolute Gasteiger partial charge is 0.469 e. The van der Waals surface area contributed by atoms with E-state index in [-0.39, 0.29) is 17.4 Å². The lowest BCUT2D eigenvalue weighted by Gasteiger charge is -2.05. The predicted molar refractivity (Wildman–Crippen MR) is 102 cm³/mol. The topological polar surface area (TPSA) is 98.2 Å². The number of ketones is 1. The van der Waals surface area contributed by atoms with Gasteiger partial charge < -0.3 is 14.2 Å². The van der Waals surface area contributed by atoms with Gasteiger partial charge in [0.05, 0.1) is 17.6 Å². The number of carbonyl (C=O) groups excluding carboxylic acids is 2. The zero-order chi connectivity index (χ0) is 19.2. The first-order valence-electron chi connectivity index (χ1n) is 8.50. The molecule has 0 radical (unpaired) electrons. The highest BCUT2D eigenvalue weighted by Crippen LogP contribution is 2.26. The van der Waals surface area contributed by atoms with Crippen molar-refractivity contribution < 1.29 is 18.4 Å². The van der Waals surface area contributed by atoms with Gasteiger partial charge in [0.2, 0.25) is 5.91 Å². The molecule has 0 aliphatic carbocycles. The molecule has 0 atom stereocenters. The van der Waals surface area contributed by atoms with Crippen LogP contribution in [-0.4, -0.2) is 27.6 Å². The normalized spacial score (nSPS) is 10.7. The van der Waals surface area contributed by atoms with E-state index < -0.39 is 0 Å². The fraction of sp³-hybridized carbons (Fsp3) is 0.263. The van der Waals surface area contributed by atoms with Crippen molar-refractivity contribution in [3.8, 4) is 11.5 Å². The molecule has 0 aliphatic rings. The third kappa shape index (κ3) is 4.85. The van der Waals surface area contributed by atoms with E-state index in [1.807, 2.05) is 13.8 Å². The van der Waals surface area contributed by atoms with Crippen LogP contribution >= 0.6 is 11.8 Å². The van der Waals surface area contributed by atoms with Gasteiger partial charge in [-0.25, -0.2) is 0 Å². The molecule has 0 fully saturated rings. The number of Topliss-reactive ketones (excluding diaryl/α,β-unsaturated/α-hetero) is 1. The molecule has 2 aromatic heterocycles. The molecular formula is C19H19N3O4S.